The van der Waals surface area contributed by atoms with E-state index in [-0.39, 0.29) is 60.5 Å². The van der Waals surface area contributed by atoms with Crippen molar-refractivity contribution in [2.45, 2.75) is 310 Å². The largest absolute Gasteiger partial charge is 0.125 e. The van der Waals surface area contributed by atoms with Gasteiger partial charge in [-0.15, -0.1) is 43.6 Å². The molecule has 0 amide bonds. The van der Waals surface area contributed by atoms with Crippen LogP contribution in [0.5, 0.6) is 0 Å². The standard InChI is InChI=1S/C48H108I2Si8/c1-37(2,3)53(38(4,5)6,39(7,8)9)51-52(54(40(10,11)12,41(13,14)15)42(16,17)18)58(50,56(46(28,29)30,47(31,32)33)48(34,35)36)57(51,49)55(43(19,20)21,44(22,23)24)45(25,26)27/h1-36H3. The summed E-state index contributed by atoms with van der Waals surface area (Å²) < 4.78 is -4.73. The molecule has 0 radical (unpaired) electrons. The van der Waals surface area contributed by atoms with Crippen molar-refractivity contribution in [2.24, 2.45) is 0 Å². The summed E-state index contributed by atoms with van der Waals surface area (Å²) in [6, 6.07) is 0. The monoisotopic (exact) mass is 1160 g/mol. The van der Waals surface area contributed by atoms with E-state index in [0.717, 1.165) is 0 Å². The molecule has 0 aromatic heterocycles. The van der Waals surface area contributed by atoms with Crippen molar-refractivity contribution in [1.29, 1.82) is 0 Å². The molecule has 2 unspecified atom stereocenters. The molecule has 346 valence electrons. The Morgan fingerprint density at radius 3 is 0.397 bits per heavy atom. The first-order chi connectivity index (χ1) is 24.2. The lowest BCUT2D eigenvalue weighted by molar-refractivity contribution is 0.549. The van der Waals surface area contributed by atoms with Gasteiger partial charge in [-0.1, -0.05) is 249 Å². The molecule has 0 aromatic rings. The topological polar surface area (TPSA) is 0 Å². The highest BCUT2D eigenvalue weighted by atomic mass is 127. The fourth-order valence-electron chi connectivity index (χ4n) is 21.3. The summed E-state index contributed by atoms with van der Waals surface area (Å²) in [7, 11) is -9.43. The molecule has 1 rings (SSSR count). The van der Waals surface area contributed by atoms with Crippen molar-refractivity contribution in [3.8, 4) is 0 Å². The first-order valence-corrected chi connectivity index (χ1v) is 52.6. The maximum absolute atomic E-state index is 3.81. The van der Waals surface area contributed by atoms with E-state index >= 15 is 0 Å². The van der Waals surface area contributed by atoms with Crippen LogP contribution in [0.4, 0.5) is 0 Å². The highest BCUT2D eigenvalue weighted by Crippen LogP contribution is 2.81. The quantitative estimate of drug-likeness (QED) is 0.150. The predicted molar refractivity (Wildman–Crippen MR) is 311 cm³/mol. The van der Waals surface area contributed by atoms with Gasteiger partial charge in [-0.05, 0) is 74.3 Å². The Hall–Kier alpha value is 3.20. The normalized spacial score (nSPS) is 23.1. The molecule has 0 N–H and O–H groups in total. The van der Waals surface area contributed by atoms with E-state index in [0.29, 0.717) is 0 Å². The highest BCUT2D eigenvalue weighted by Gasteiger charge is 2.94. The predicted octanol–water partition coefficient (Wildman–Crippen LogP) is 19.8. The van der Waals surface area contributed by atoms with Gasteiger partial charge in [0.25, 0.3) is 0 Å². The van der Waals surface area contributed by atoms with Gasteiger partial charge in [-0.3, -0.25) is 0 Å². The lowest BCUT2D eigenvalue weighted by Gasteiger charge is -2.85. The molecule has 0 aromatic carbocycles. The summed E-state index contributed by atoms with van der Waals surface area (Å²) in [5, 5.41) is 3.26. The van der Waals surface area contributed by atoms with E-state index in [4.69, 9.17) is 0 Å². The average Bonchev–Trinajstić information content (AvgIpc) is 2.75. The van der Waals surface area contributed by atoms with Crippen LogP contribution in [0.3, 0.4) is 0 Å². The first kappa shape index (κ1) is 59.2. The molecule has 0 bridgehead atoms. The molecule has 58 heavy (non-hydrogen) atoms. The Kier molecular flexibility index (Phi) is 15.7. The smallest absolute Gasteiger partial charge is 0.123 e. The minimum absolute atomic E-state index is 0.265. The van der Waals surface area contributed by atoms with Gasteiger partial charge in [0.05, 0.1) is 30.4 Å². The third-order valence-corrected chi connectivity index (χ3v) is 289. The van der Waals surface area contributed by atoms with E-state index in [1.807, 2.05) is 0 Å². The van der Waals surface area contributed by atoms with E-state index in [1.165, 1.54) is 0 Å². The summed E-state index contributed by atoms with van der Waals surface area (Å²) in [5.41, 5.74) is 0. The second-order valence-corrected chi connectivity index (χ2v) is 138. The zero-order valence-corrected chi connectivity index (χ0v) is 59.1. The molecule has 0 fully saturated rings. The summed E-state index contributed by atoms with van der Waals surface area (Å²) >= 11 is 7.61. The van der Waals surface area contributed by atoms with Gasteiger partial charge in [0.1, 0.15) is 8.25 Å². The minimum Gasteiger partial charge on any atom is -0.125 e. The van der Waals surface area contributed by atoms with Crippen LogP contribution in [0.1, 0.15) is 249 Å². The average molecular weight is 1160 g/mol. The lowest BCUT2D eigenvalue weighted by Crippen LogP contribution is -3.09. The fraction of sp³-hybridized carbons (Fsp3) is 1.00. The van der Waals surface area contributed by atoms with Crippen LogP contribution in [0, 0.1) is 0 Å². The number of hydrogen-bond acceptors (Lipinski definition) is 0. The van der Waals surface area contributed by atoms with Crippen molar-refractivity contribution >= 4 is 96.1 Å². The van der Waals surface area contributed by atoms with Gasteiger partial charge in [-0.25, -0.2) is 0 Å². The summed E-state index contributed by atoms with van der Waals surface area (Å²) in [6.07, 6.45) is 0. The second-order valence-electron chi connectivity index (χ2n) is 32.1. The Morgan fingerprint density at radius 1 is 0.224 bits per heavy atom. The summed E-state index contributed by atoms with van der Waals surface area (Å²) in [4.78, 5) is 0. The molecule has 0 spiro atoms. The van der Waals surface area contributed by atoms with Crippen LogP contribution in [-0.2, 0) is 0 Å². The third kappa shape index (κ3) is 7.26. The Labute approximate surface area is 401 Å². The van der Waals surface area contributed by atoms with E-state index < -0.39 is 52.5 Å². The van der Waals surface area contributed by atoms with Crippen molar-refractivity contribution in [1.82, 2.24) is 0 Å². The van der Waals surface area contributed by atoms with Crippen LogP contribution in [0.15, 0.2) is 0 Å². The van der Waals surface area contributed by atoms with Crippen LogP contribution in [-0.4, -0.2) is 52.5 Å². The third-order valence-electron chi connectivity index (χ3n) is 16.7. The van der Waals surface area contributed by atoms with Crippen molar-refractivity contribution < 1.29 is 0 Å². The van der Waals surface area contributed by atoms with Crippen molar-refractivity contribution in [3.63, 3.8) is 0 Å². The minimum atomic E-state index is -2.39. The van der Waals surface area contributed by atoms with Gasteiger partial charge in [0.2, 0.25) is 0 Å². The Bertz CT molecular complexity index is 1290. The molecule has 1 aliphatic rings. The first-order valence-electron chi connectivity index (χ1n) is 23.4. The SMILES string of the molecule is CC(C)(C)[Si]([Si]1=[Si]([Si](C(C)(C)C)(C(C)(C)C)C(C)(C)C)[Si](I)([Si](C(C)(C)C)(C(C)(C)C)C(C)(C)C)[Si]1(I)[Si](C(C)(C)C)(C(C)(C)C)C(C)(C)C)(C(C)(C)C)C(C)(C)C. The molecule has 1 aliphatic heterocycles. The van der Waals surface area contributed by atoms with E-state index in [1.54, 1.807) is 0 Å². The van der Waals surface area contributed by atoms with E-state index in [2.05, 4.69) is 293 Å². The molecule has 2 atom stereocenters. The molecule has 1 heterocycles. The number of rotatable bonds is 4. The van der Waals surface area contributed by atoms with Crippen LogP contribution >= 0.6 is 43.6 Å². The second kappa shape index (κ2) is 15.4. The molecular formula is C48H108I2Si8. The molecule has 0 saturated carbocycles. The van der Waals surface area contributed by atoms with Gasteiger partial charge in [0, 0.05) is 0 Å². The summed E-state index contributed by atoms with van der Waals surface area (Å²) in [5.74, 6) is 0. The zero-order chi connectivity index (χ0) is 48.2. The molecule has 0 aliphatic carbocycles. The highest BCUT2D eigenvalue weighted by molar-refractivity contribution is 14.2. The van der Waals surface area contributed by atoms with E-state index in [9.17, 15) is 0 Å². The molecular weight excluding hydrogens is 1060 g/mol. The van der Waals surface area contributed by atoms with Crippen molar-refractivity contribution in [2.75, 3.05) is 0 Å². The van der Waals surface area contributed by atoms with Crippen molar-refractivity contribution in [3.05, 3.63) is 0 Å². The molecule has 0 saturated heterocycles. The fourth-order valence-corrected chi connectivity index (χ4v) is 585. The number of hydrogen-bond donors (Lipinski definition) is 0. The van der Waals surface area contributed by atoms with Gasteiger partial charge in [-0.2, -0.15) is 0 Å². The molecule has 10 heteroatoms. The zero-order valence-electron chi connectivity index (χ0n) is 46.8. The summed E-state index contributed by atoms with van der Waals surface area (Å²) in [6.45, 7) is 101. The van der Waals surface area contributed by atoms with Crippen LogP contribution in [0.25, 0.3) is 0 Å². The lowest BCUT2D eigenvalue weighted by atomic mass is 10.2. The van der Waals surface area contributed by atoms with Gasteiger partial charge >= 0.3 is 0 Å². The maximum atomic E-state index is 3.81. The van der Waals surface area contributed by atoms with Crippen LogP contribution < -0.4 is 0 Å². The Morgan fingerprint density at radius 2 is 0.328 bits per heavy atom. The Balaban J connectivity index is 6.47. The van der Waals surface area contributed by atoms with Gasteiger partial charge < -0.3 is 0 Å². The maximum Gasteiger partial charge on any atom is 0.123 e. The van der Waals surface area contributed by atoms with Crippen LogP contribution in [0.2, 0.25) is 60.5 Å². The van der Waals surface area contributed by atoms with Gasteiger partial charge in [0.15, 0.2) is 0 Å². The number of halogens is 2. The molecule has 0 nitrogen and oxygen atoms in total.